The average molecular weight is 363 g/mol. The first-order valence-corrected chi connectivity index (χ1v) is 8.92. The summed E-state index contributed by atoms with van der Waals surface area (Å²) in [4.78, 5) is 16.3. The fourth-order valence-corrected chi connectivity index (χ4v) is 5.08. The van der Waals surface area contributed by atoms with E-state index in [4.69, 9.17) is 0 Å². The van der Waals surface area contributed by atoms with Crippen molar-refractivity contribution in [2.24, 2.45) is 0 Å². The molecule has 10 heteroatoms. The molecule has 2 saturated heterocycles. The van der Waals surface area contributed by atoms with Gasteiger partial charge in [0.1, 0.15) is 10.9 Å². The van der Waals surface area contributed by atoms with Crippen molar-refractivity contribution in [3.63, 3.8) is 0 Å². The van der Waals surface area contributed by atoms with Crippen molar-refractivity contribution in [1.29, 1.82) is 0 Å². The van der Waals surface area contributed by atoms with Crippen LogP contribution < -0.4 is 0 Å². The van der Waals surface area contributed by atoms with Crippen molar-refractivity contribution < 1.29 is 26.4 Å². The van der Waals surface area contributed by atoms with Gasteiger partial charge in [0.05, 0.1) is 0 Å². The molecule has 0 unspecified atom stereocenters. The Morgan fingerprint density at radius 1 is 1.33 bits per heavy atom. The van der Waals surface area contributed by atoms with E-state index < -0.39 is 32.8 Å². The summed E-state index contributed by atoms with van der Waals surface area (Å²) in [7, 11) is -4.49. The van der Waals surface area contributed by atoms with Crippen LogP contribution in [0, 0.1) is 0 Å². The molecular weight excluding hydrogens is 347 g/mol. The van der Waals surface area contributed by atoms with Gasteiger partial charge in [-0.2, -0.15) is 17.5 Å². The fraction of sp³-hybridized carbons (Fsp3) is 0.571. The summed E-state index contributed by atoms with van der Waals surface area (Å²) in [5.74, 6) is -0.371. The second-order valence-electron chi connectivity index (χ2n) is 5.93. The third kappa shape index (κ3) is 2.67. The number of hydrogen-bond donors (Lipinski definition) is 0. The molecule has 1 aromatic heterocycles. The molecule has 0 aliphatic carbocycles. The zero-order chi connectivity index (χ0) is 17.7. The Labute approximate surface area is 137 Å². The molecule has 3 heterocycles. The van der Waals surface area contributed by atoms with E-state index in [1.54, 1.807) is 4.90 Å². The second kappa shape index (κ2) is 5.69. The van der Waals surface area contributed by atoms with Crippen LogP contribution in [-0.4, -0.2) is 53.7 Å². The number of fused-ring (bicyclic) bond motifs is 1. The number of aromatic nitrogens is 1. The number of nitrogens with zero attached hydrogens (tertiary/aromatic N) is 3. The molecule has 132 valence electrons. The van der Waals surface area contributed by atoms with E-state index in [-0.39, 0.29) is 18.5 Å². The molecule has 0 N–H and O–H groups in total. The molecule has 0 radical (unpaired) electrons. The number of carbonyl (C=O) groups excluding carboxylic acids is 1. The highest BCUT2D eigenvalue weighted by atomic mass is 32.2. The summed E-state index contributed by atoms with van der Waals surface area (Å²) in [6.45, 7) is 1.96. The predicted molar refractivity (Wildman–Crippen MR) is 77.3 cm³/mol. The van der Waals surface area contributed by atoms with Crippen molar-refractivity contribution in [1.82, 2.24) is 14.2 Å². The van der Waals surface area contributed by atoms with Gasteiger partial charge in [-0.15, -0.1) is 0 Å². The summed E-state index contributed by atoms with van der Waals surface area (Å²) in [5.41, 5.74) is -1.46. The van der Waals surface area contributed by atoms with Gasteiger partial charge in [-0.1, -0.05) is 0 Å². The summed E-state index contributed by atoms with van der Waals surface area (Å²) >= 11 is 0. The Morgan fingerprint density at radius 3 is 2.71 bits per heavy atom. The van der Waals surface area contributed by atoms with Crippen LogP contribution in [-0.2, 0) is 21.0 Å². The quantitative estimate of drug-likeness (QED) is 0.798. The summed E-state index contributed by atoms with van der Waals surface area (Å²) in [5, 5.41) is 0. The van der Waals surface area contributed by atoms with Gasteiger partial charge in [0, 0.05) is 25.3 Å². The molecule has 0 aromatic carbocycles. The van der Waals surface area contributed by atoms with Crippen molar-refractivity contribution >= 4 is 15.9 Å². The van der Waals surface area contributed by atoms with E-state index in [1.165, 1.54) is 6.92 Å². The molecule has 0 bridgehead atoms. The molecule has 2 fully saturated rings. The van der Waals surface area contributed by atoms with Crippen molar-refractivity contribution in [3.8, 4) is 0 Å². The van der Waals surface area contributed by atoms with Crippen LogP contribution in [0.25, 0.3) is 0 Å². The fourth-order valence-electron chi connectivity index (χ4n) is 3.29. The van der Waals surface area contributed by atoms with Crippen LogP contribution >= 0.6 is 0 Å². The molecule has 0 spiro atoms. The molecule has 1 aromatic rings. The van der Waals surface area contributed by atoms with Crippen LogP contribution in [0.4, 0.5) is 13.2 Å². The van der Waals surface area contributed by atoms with E-state index in [0.29, 0.717) is 13.0 Å². The standard InChI is InChI=1S/C14H16F3N3O3S/c1-9-13(21)19-7-3-4-10(19)8-20(9)24(22,23)11-5-2-6-18-12(11)14(15,16)17/h2,5-6,9-10H,3-4,7-8H2,1H3/t9-,10-/m1/s1. The highest BCUT2D eigenvalue weighted by molar-refractivity contribution is 7.89. The van der Waals surface area contributed by atoms with Gasteiger partial charge in [0.25, 0.3) is 0 Å². The summed E-state index contributed by atoms with van der Waals surface area (Å²) in [6.07, 6.45) is -2.60. The maximum atomic E-state index is 13.1. The Balaban J connectivity index is 2.04. The number of hydrogen-bond acceptors (Lipinski definition) is 4. The van der Waals surface area contributed by atoms with Gasteiger partial charge in [-0.3, -0.25) is 9.78 Å². The lowest BCUT2D eigenvalue weighted by Crippen LogP contribution is -2.60. The number of halogens is 3. The van der Waals surface area contributed by atoms with Gasteiger partial charge >= 0.3 is 6.18 Å². The minimum atomic E-state index is -4.90. The molecule has 0 saturated carbocycles. The van der Waals surface area contributed by atoms with E-state index in [1.807, 2.05) is 0 Å². The van der Waals surface area contributed by atoms with Crippen LogP contribution in [0.5, 0.6) is 0 Å². The lowest BCUT2D eigenvalue weighted by molar-refractivity contribution is -0.143. The zero-order valence-corrected chi connectivity index (χ0v) is 13.6. The Morgan fingerprint density at radius 2 is 2.04 bits per heavy atom. The average Bonchev–Trinajstić information content (AvgIpc) is 2.98. The number of alkyl halides is 3. The van der Waals surface area contributed by atoms with Crippen LogP contribution in [0.1, 0.15) is 25.5 Å². The molecule has 6 nitrogen and oxygen atoms in total. The van der Waals surface area contributed by atoms with E-state index >= 15 is 0 Å². The second-order valence-corrected chi connectivity index (χ2v) is 7.79. The van der Waals surface area contributed by atoms with Crippen molar-refractivity contribution in [2.75, 3.05) is 13.1 Å². The number of piperazine rings is 1. The molecule has 2 aliphatic heterocycles. The first kappa shape index (κ1) is 17.2. The minimum Gasteiger partial charge on any atom is -0.337 e. The van der Waals surface area contributed by atoms with Gasteiger partial charge in [0.2, 0.25) is 15.9 Å². The summed E-state index contributed by atoms with van der Waals surface area (Å²) < 4.78 is 65.8. The number of amides is 1. The third-order valence-corrected chi connectivity index (χ3v) is 6.43. The minimum absolute atomic E-state index is 0.00142. The smallest absolute Gasteiger partial charge is 0.337 e. The zero-order valence-electron chi connectivity index (χ0n) is 12.8. The highest BCUT2D eigenvalue weighted by Gasteiger charge is 2.48. The Bertz CT molecular complexity index is 766. The molecule has 2 aliphatic rings. The molecule has 2 atom stereocenters. The van der Waals surface area contributed by atoms with Gasteiger partial charge < -0.3 is 4.90 Å². The third-order valence-electron chi connectivity index (χ3n) is 4.47. The Hall–Kier alpha value is -1.68. The highest BCUT2D eigenvalue weighted by Crippen LogP contribution is 2.36. The van der Waals surface area contributed by atoms with Crippen LogP contribution in [0.15, 0.2) is 23.2 Å². The maximum absolute atomic E-state index is 13.1. The lowest BCUT2D eigenvalue weighted by Gasteiger charge is -2.40. The number of rotatable bonds is 2. The first-order chi connectivity index (χ1) is 11.1. The summed E-state index contributed by atoms with van der Waals surface area (Å²) in [6, 6.07) is 0.698. The maximum Gasteiger partial charge on any atom is 0.434 e. The number of pyridine rings is 1. The number of sulfonamides is 1. The SMILES string of the molecule is C[C@@H]1C(=O)N2CCC[C@@H]2CN1S(=O)(=O)c1cccnc1C(F)(F)F. The largest absolute Gasteiger partial charge is 0.434 e. The molecule has 1 amide bonds. The monoisotopic (exact) mass is 363 g/mol. The van der Waals surface area contributed by atoms with E-state index in [0.717, 1.165) is 29.1 Å². The van der Waals surface area contributed by atoms with Crippen LogP contribution in [0.3, 0.4) is 0 Å². The lowest BCUT2D eigenvalue weighted by atomic mass is 10.1. The first-order valence-electron chi connectivity index (χ1n) is 7.48. The normalized spacial score (nSPS) is 25.8. The Kier molecular flexibility index (Phi) is 4.07. The molecule has 3 rings (SSSR count). The molecule has 24 heavy (non-hydrogen) atoms. The van der Waals surface area contributed by atoms with Crippen LogP contribution in [0.2, 0.25) is 0 Å². The molecular formula is C14H16F3N3O3S. The van der Waals surface area contributed by atoms with Gasteiger partial charge in [-0.05, 0) is 31.9 Å². The number of carbonyl (C=O) groups is 1. The topological polar surface area (TPSA) is 70.6 Å². The van der Waals surface area contributed by atoms with E-state index in [2.05, 4.69) is 4.98 Å². The van der Waals surface area contributed by atoms with Crippen molar-refractivity contribution in [2.45, 2.75) is 42.9 Å². The van der Waals surface area contributed by atoms with E-state index in [9.17, 15) is 26.4 Å². The predicted octanol–water partition coefficient (Wildman–Crippen LogP) is 1.48. The van der Waals surface area contributed by atoms with Gasteiger partial charge in [-0.25, -0.2) is 8.42 Å². The van der Waals surface area contributed by atoms with Gasteiger partial charge in [0.15, 0.2) is 5.69 Å². The van der Waals surface area contributed by atoms with Crippen molar-refractivity contribution in [3.05, 3.63) is 24.0 Å².